The monoisotopic (exact) mass is 344 g/mol. The van der Waals surface area contributed by atoms with Gasteiger partial charge in [-0.1, -0.05) is 6.07 Å². The highest BCUT2D eigenvalue weighted by Crippen LogP contribution is 2.28. The molecule has 0 saturated carbocycles. The van der Waals surface area contributed by atoms with E-state index in [0.717, 1.165) is 24.3 Å². The van der Waals surface area contributed by atoms with Gasteiger partial charge >= 0.3 is 6.03 Å². The van der Waals surface area contributed by atoms with E-state index in [-0.39, 0.29) is 29.2 Å². The summed E-state index contributed by atoms with van der Waals surface area (Å²) in [4.78, 5) is 12.5. The molecule has 1 saturated heterocycles. The number of urea groups is 1. The molecule has 7 heteroatoms. The number of nitrogens with one attached hydrogen (secondary N) is 3. The van der Waals surface area contributed by atoms with E-state index in [9.17, 15) is 4.79 Å². The van der Waals surface area contributed by atoms with Crippen molar-refractivity contribution in [3.8, 4) is 0 Å². The van der Waals surface area contributed by atoms with Gasteiger partial charge < -0.3 is 16.0 Å². The second-order valence-electron chi connectivity index (χ2n) is 8.32. The minimum absolute atomic E-state index is 0.00544. The molecule has 3 N–H and O–H groups in total. The minimum Gasteiger partial charge on any atom is -0.335 e. The number of nitrogens with zero attached hydrogens (tertiary/aromatic N) is 3. The van der Waals surface area contributed by atoms with E-state index in [1.54, 1.807) is 0 Å². The predicted octanol–water partition coefficient (Wildman–Crippen LogP) is 2.40. The molecule has 1 fully saturated rings. The van der Waals surface area contributed by atoms with Crippen molar-refractivity contribution in [2.45, 2.75) is 70.6 Å². The molecule has 0 radical (unpaired) electrons. The lowest BCUT2D eigenvalue weighted by Gasteiger charge is -2.46. The van der Waals surface area contributed by atoms with Crippen LogP contribution >= 0.6 is 0 Å². The van der Waals surface area contributed by atoms with Crippen LogP contribution in [0.15, 0.2) is 24.4 Å². The number of aromatic nitrogens is 3. The summed E-state index contributed by atoms with van der Waals surface area (Å²) in [7, 11) is 0. The second-order valence-corrected chi connectivity index (χ2v) is 8.32. The first-order valence-corrected chi connectivity index (χ1v) is 8.81. The van der Waals surface area contributed by atoms with Crippen molar-refractivity contribution in [3.05, 3.63) is 30.2 Å². The van der Waals surface area contributed by atoms with E-state index in [1.807, 2.05) is 35.7 Å². The standard InChI is InChI=1S/C18H28N6O/c1-12(15-22-21-14-8-6-7-9-24(14)15)19-16(25)20-13-10-17(2,3)23-18(4,5)11-13/h6-9,12-13,23H,10-11H2,1-5H3,(H2,19,20,25). The predicted molar refractivity (Wildman–Crippen MR) is 97.4 cm³/mol. The Kier molecular flexibility index (Phi) is 4.45. The average molecular weight is 344 g/mol. The van der Waals surface area contributed by atoms with E-state index in [1.165, 1.54) is 0 Å². The Morgan fingerprint density at radius 3 is 2.60 bits per heavy atom. The van der Waals surface area contributed by atoms with Crippen LogP contribution in [0.2, 0.25) is 0 Å². The van der Waals surface area contributed by atoms with Crippen molar-refractivity contribution < 1.29 is 4.79 Å². The van der Waals surface area contributed by atoms with Gasteiger partial charge in [0.1, 0.15) is 0 Å². The lowest BCUT2D eigenvalue weighted by molar-refractivity contribution is 0.147. The summed E-state index contributed by atoms with van der Waals surface area (Å²) in [6.07, 6.45) is 3.69. The Morgan fingerprint density at radius 2 is 1.92 bits per heavy atom. The van der Waals surface area contributed by atoms with Crippen molar-refractivity contribution >= 4 is 11.7 Å². The highest BCUT2D eigenvalue weighted by Gasteiger charge is 2.38. The fraction of sp³-hybridized carbons (Fsp3) is 0.611. The number of carbonyl (C=O) groups is 1. The van der Waals surface area contributed by atoms with Gasteiger partial charge in [-0.15, -0.1) is 10.2 Å². The van der Waals surface area contributed by atoms with E-state index in [0.29, 0.717) is 0 Å². The molecule has 7 nitrogen and oxygen atoms in total. The Labute approximate surface area is 148 Å². The molecule has 2 amide bonds. The van der Waals surface area contributed by atoms with E-state index in [2.05, 4.69) is 53.8 Å². The average Bonchev–Trinajstić information content (AvgIpc) is 2.87. The van der Waals surface area contributed by atoms with Crippen molar-refractivity contribution in [2.24, 2.45) is 0 Å². The fourth-order valence-electron chi connectivity index (χ4n) is 4.07. The molecule has 3 rings (SSSR count). The summed E-state index contributed by atoms with van der Waals surface area (Å²) in [6.45, 7) is 10.6. The number of piperidine rings is 1. The van der Waals surface area contributed by atoms with Crippen molar-refractivity contribution in [1.82, 2.24) is 30.5 Å². The molecule has 2 aromatic heterocycles. The topological polar surface area (TPSA) is 83.4 Å². The largest absolute Gasteiger partial charge is 0.335 e. The zero-order valence-corrected chi connectivity index (χ0v) is 15.6. The number of rotatable bonds is 3. The SMILES string of the molecule is CC(NC(=O)NC1CC(C)(C)NC(C)(C)C1)c1nnc2ccccn12. The summed E-state index contributed by atoms with van der Waals surface area (Å²) in [5.74, 6) is 0.719. The molecule has 1 unspecified atom stereocenters. The number of amides is 2. The van der Waals surface area contributed by atoms with Crippen molar-refractivity contribution in [3.63, 3.8) is 0 Å². The molecule has 2 aromatic rings. The van der Waals surface area contributed by atoms with E-state index >= 15 is 0 Å². The molecule has 1 atom stereocenters. The van der Waals surface area contributed by atoms with Crippen LogP contribution in [0.5, 0.6) is 0 Å². The molecule has 25 heavy (non-hydrogen) atoms. The summed E-state index contributed by atoms with van der Waals surface area (Å²) >= 11 is 0. The third-order valence-electron chi connectivity index (χ3n) is 4.60. The highest BCUT2D eigenvalue weighted by atomic mass is 16.2. The van der Waals surface area contributed by atoms with Crippen LogP contribution < -0.4 is 16.0 Å². The third-order valence-corrected chi connectivity index (χ3v) is 4.60. The van der Waals surface area contributed by atoms with Crippen LogP contribution in [0.4, 0.5) is 4.79 Å². The highest BCUT2D eigenvalue weighted by molar-refractivity contribution is 5.74. The summed E-state index contributed by atoms with van der Waals surface area (Å²) in [6, 6.07) is 5.46. The van der Waals surface area contributed by atoms with Crippen molar-refractivity contribution in [1.29, 1.82) is 0 Å². The maximum absolute atomic E-state index is 12.5. The van der Waals surface area contributed by atoms with Gasteiger partial charge in [-0.3, -0.25) is 4.40 Å². The molecule has 0 spiro atoms. The molecular formula is C18H28N6O. The Balaban J connectivity index is 1.64. The maximum atomic E-state index is 12.5. The quantitative estimate of drug-likeness (QED) is 0.798. The van der Waals surface area contributed by atoms with Gasteiger partial charge in [0.15, 0.2) is 11.5 Å². The van der Waals surface area contributed by atoms with Gasteiger partial charge in [0.2, 0.25) is 0 Å². The number of hydrogen-bond acceptors (Lipinski definition) is 4. The van der Waals surface area contributed by atoms with Gasteiger partial charge in [-0.2, -0.15) is 0 Å². The fourth-order valence-corrected chi connectivity index (χ4v) is 4.07. The van der Waals surface area contributed by atoms with Crippen LogP contribution in [0.1, 0.15) is 59.3 Å². The second kappa shape index (κ2) is 6.29. The van der Waals surface area contributed by atoms with E-state index < -0.39 is 0 Å². The van der Waals surface area contributed by atoms with Gasteiger partial charge in [-0.25, -0.2) is 4.79 Å². The number of pyridine rings is 1. The van der Waals surface area contributed by atoms with Crippen molar-refractivity contribution in [2.75, 3.05) is 0 Å². The lowest BCUT2D eigenvalue weighted by atomic mass is 9.80. The first kappa shape index (κ1) is 17.7. The zero-order valence-electron chi connectivity index (χ0n) is 15.6. The smallest absolute Gasteiger partial charge is 0.315 e. The van der Waals surface area contributed by atoms with Crippen LogP contribution in [0, 0.1) is 0 Å². The summed E-state index contributed by atoms with van der Waals surface area (Å²) in [5.41, 5.74) is 0.761. The first-order chi connectivity index (χ1) is 11.7. The van der Waals surface area contributed by atoms with Gasteiger partial charge in [0, 0.05) is 23.3 Å². The molecule has 136 valence electrons. The number of fused-ring (bicyclic) bond motifs is 1. The summed E-state index contributed by atoms with van der Waals surface area (Å²) < 4.78 is 1.89. The maximum Gasteiger partial charge on any atom is 0.315 e. The molecule has 3 heterocycles. The van der Waals surface area contributed by atoms with E-state index in [4.69, 9.17) is 0 Å². The van der Waals surface area contributed by atoms with Crippen LogP contribution in [-0.2, 0) is 0 Å². The molecule has 0 bridgehead atoms. The number of carbonyl (C=O) groups excluding carboxylic acids is 1. The first-order valence-electron chi connectivity index (χ1n) is 8.81. The van der Waals surface area contributed by atoms with Gasteiger partial charge in [0.05, 0.1) is 6.04 Å². The van der Waals surface area contributed by atoms with Gasteiger partial charge in [0.25, 0.3) is 0 Å². The summed E-state index contributed by atoms with van der Waals surface area (Å²) in [5, 5.41) is 18.1. The molecular weight excluding hydrogens is 316 g/mol. The van der Waals surface area contributed by atoms with Crippen LogP contribution in [0.3, 0.4) is 0 Å². The Bertz CT molecular complexity index is 750. The molecule has 1 aliphatic heterocycles. The van der Waals surface area contributed by atoms with Crippen LogP contribution in [0.25, 0.3) is 5.65 Å². The zero-order chi connectivity index (χ0) is 18.2. The Morgan fingerprint density at radius 1 is 1.24 bits per heavy atom. The molecule has 0 aromatic carbocycles. The number of hydrogen-bond donors (Lipinski definition) is 3. The third kappa shape index (κ3) is 4.10. The lowest BCUT2D eigenvalue weighted by Crippen LogP contribution is -2.62. The molecule has 1 aliphatic rings. The Hall–Kier alpha value is -2.15. The minimum atomic E-state index is -0.236. The normalized spacial score (nSPS) is 21.0. The van der Waals surface area contributed by atoms with Crippen LogP contribution in [-0.4, -0.2) is 37.7 Å². The molecule has 0 aliphatic carbocycles. The van der Waals surface area contributed by atoms with Gasteiger partial charge in [-0.05, 0) is 59.6 Å².